The normalized spacial score (nSPS) is 10.9. The van der Waals surface area contributed by atoms with Crippen molar-refractivity contribution in [3.63, 3.8) is 0 Å². The molecule has 0 unspecified atom stereocenters. The van der Waals surface area contributed by atoms with Crippen molar-refractivity contribution in [3.8, 4) is 11.5 Å². The van der Waals surface area contributed by atoms with E-state index in [0.29, 0.717) is 5.69 Å². The largest absolute Gasteiger partial charge is 0.359 e. The number of hydrogen-bond donors (Lipinski definition) is 1. The lowest BCUT2D eigenvalue weighted by atomic mass is 10.3. The number of alkyl halides is 2. The standard InChI is InChI=1S/C9H7F2N3O2/c10-8(11)6(15)4-7-13-9(14-16-7)5-2-1-3-12-5/h1-3,8,12H,4H2. The van der Waals surface area contributed by atoms with Crippen LogP contribution in [0, 0.1) is 0 Å². The smallest absolute Gasteiger partial charge is 0.296 e. The Morgan fingerprint density at radius 3 is 3.00 bits per heavy atom. The number of halogens is 2. The average Bonchev–Trinajstić information content (AvgIpc) is 2.85. The Kier molecular flexibility index (Phi) is 2.76. The summed E-state index contributed by atoms with van der Waals surface area (Å²) in [6.45, 7) is 0. The Bertz CT molecular complexity index is 479. The van der Waals surface area contributed by atoms with Crippen molar-refractivity contribution < 1.29 is 18.1 Å². The number of rotatable bonds is 4. The first-order valence-electron chi connectivity index (χ1n) is 4.44. The highest BCUT2D eigenvalue weighted by Crippen LogP contribution is 2.13. The molecule has 5 nitrogen and oxygen atoms in total. The van der Waals surface area contributed by atoms with E-state index >= 15 is 0 Å². The molecular weight excluding hydrogens is 220 g/mol. The first-order chi connectivity index (χ1) is 7.66. The van der Waals surface area contributed by atoms with Crippen LogP contribution >= 0.6 is 0 Å². The second-order valence-corrected chi connectivity index (χ2v) is 3.04. The molecule has 0 atom stereocenters. The highest BCUT2D eigenvalue weighted by atomic mass is 19.3. The van der Waals surface area contributed by atoms with Gasteiger partial charge in [0, 0.05) is 6.20 Å². The van der Waals surface area contributed by atoms with Gasteiger partial charge in [-0.25, -0.2) is 8.78 Å². The third-order valence-corrected chi connectivity index (χ3v) is 1.88. The molecule has 0 spiro atoms. The zero-order valence-electron chi connectivity index (χ0n) is 7.98. The SMILES string of the molecule is O=C(Cc1nc(-c2ccc[nH]2)no1)C(F)F. The number of Topliss-reactive ketones (excluding diaryl/α,β-unsaturated/α-hetero) is 1. The molecule has 16 heavy (non-hydrogen) atoms. The van der Waals surface area contributed by atoms with Crippen LogP contribution in [-0.4, -0.2) is 27.3 Å². The molecule has 0 saturated carbocycles. The molecule has 2 rings (SSSR count). The van der Waals surface area contributed by atoms with Gasteiger partial charge in [0.2, 0.25) is 17.5 Å². The van der Waals surface area contributed by atoms with E-state index in [9.17, 15) is 13.6 Å². The minimum atomic E-state index is -3.01. The minimum Gasteiger partial charge on any atom is -0.359 e. The fourth-order valence-electron chi connectivity index (χ4n) is 1.13. The second kappa shape index (κ2) is 4.21. The van der Waals surface area contributed by atoms with Crippen molar-refractivity contribution in [1.29, 1.82) is 0 Å². The number of nitrogens with zero attached hydrogens (tertiary/aromatic N) is 2. The van der Waals surface area contributed by atoms with Crippen LogP contribution < -0.4 is 0 Å². The molecule has 84 valence electrons. The van der Waals surface area contributed by atoms with Gasteiger partial charge < -0.3 is 9.51 Å². The quantitative estimate of drug-likeness (QED) is 0.857. The molecule has 0 fully saturated rings. The summed E-state index contributed by atoms with van der Waals surface area (Å²) in [4.78, 5) is 17.4. The lowest BCUT2D eigenvalue weighted by Crippen LogP contribution is -2.12. The van der Waals surface area contributed by atoms with Crippen LogP contribution in [0.25, 0.3) is 11.5 Å². The van der Waals surface area contributed by atoms with Gasteiger partial charge in [-0.15, -0.1) is 0 Å². The Balaban J connectivity index is 2.11. The zero-order chi connectivity index (χ0) is 11.5. The molecule has 0 radical (unpaired) electrons. The molecule has 0 aliphatic heterocycles. The van der Waals surface area contributed by atoms with Crippen LogP contribution in [-0.2, 0) is 11.2 Å². The van der Waals surface area contributed by atoms with E-state index in [1.54, 1.807) is 18.3 Å². The highest BCUT2D eigenvalue weighted by molar-refractivity contribution is 5.82. The molecule has 2 heterocycles. The van der Waals surface area contributed by atoms with Gasteiger partial charge in [-0.05, 0) is 12.1 Å². The van der Waals surface area contributed by atoms with Crippen molar-refractivity contribution in [2.24, 2.45) is 0 Å². The fraction of sp³-hybridized carbons (Fsp3) is 0.222. The second-order valence-electron chi connectivity index (χ2n) is 3.04. The zero-order valence-corrected chi connectivity index (χ0v) is 7.98. The van der Waals surface area contributed by atoms with Gasteiger partial charge in [0.25, 0.3) is 6.43 Å². The predicted octanol–water partition coefficient (Wildman–Crippen LogP) is 1.44. The maximum absolute atomic E-state index is 11.9. The molecule has 0 amide bonds. The average molecular weight is 227 g/mol. The van der Waals surface area contributed by atoms with E-state index in [-0.39, 0.29) is 11.7 Å². The van der Waals surface area contributed by atoms with E-state index in [0.717, 1.165) is 0 Å². The van der Waals surface area contributed by atoms with Crippen LogP contribution in [0.2, 0.25) is 0 Å². The van der Waals surface area contributed by atoms with Crippen molar-refractivity contribution in [1.82, 2.24) is 15.1 Å². The third-order valence-electron chi connectivity index (χ3n) is 1.88. The Morgan fingerprint density at radius 2 is 2.38 bits per heavy atom. The number of ketones is 1. The molecule has 0 saturated heterocycles. The lowest BCUT2D eigenvalue weighted by molar-refractivity contribution is -0.129. The van der Waals surface area contributed by atoms with Gasteiger partial charge in [-0.1, -0.05) is 5.16 Å². The van der Waals surface area contributed by atoms with E-state index in [2.05, 4.69) is 19.6 Å². The predicted molar refractivity (Wildman–Crippen MR) is 48.8 cm³/mol. The van der Waals surface area contributed by atoms with Crippen molar-refractivity contribution in [2.45, 2.75) is 12.8 Å². The third kappa shape index (κ3) is 2.13. The van der Waals surface area contributed by atoms with E-state index in [4.69, 9.17) is 0 Å². The summed E-state index contributed by atoms with van der Waals surface area (Å²) in [5.74, 6) is -1.11. The highest BCUT2D eigenvalue weighted by Gasteiger charge is 2.19. The summed E-state index contributed by atoms with van der Waals surface area (Å²) in [6, 6.07) is 3.43. The van der Waals surface area contributed by atoms with Crippen LogP contribution in [0.5, 0.6) is 0 Å². The number of carbonyl (C=O) groups is 1. The molecular formula is C9H7F2N3O2. The molecule has 0 aliphatic carbocycles. The number of hydrogen-bond acceptors (Lipinski definition) is 4. The molecule has 0 aliphatic rings. The summed E-state index contributed by atoms with van der Waals surface area (Å²) in [5, 5.41) is 3.56. The summed E-state index contributed by atoms with van der Waals surface area (Å²) in [7, 11) is 0. The topological polar surface area (TPSA) is 71.8 Å². The monoisotopic (exact) mass is 227 g/mol. The maximum Gasteiger partial charge on any atom is 0.296 e. The first-order valence-corrected chi connectivity index (χ1v) is 4.44. The van der Waals surface area contributed by atoms with Crippen LogP contribution in [0.4, 0.5) is 8.78 Å². The molecule has 0 aromatic carbocycles. The number of carbonyl (C=O) groups excluding carboxylic acids is 1. The van der Waals surface area contributed by atoms with Crippen LogP contribution in [0.1, 0.15) is 5.89 Å². The van der Waals surface area contributed by atoms with E-state index in [1.165, 1.54) is 0 Å². The van der Waals surface area contributed by atoms with Crippen LogP contribution in [0.3, 0.4) is 0 Å². The number of nitrogens with one attached hydrogen (secondary N) is 1. The molecule has 2 aromatic rings. The minimum absolute atomic E-state index is 0.116. The van der Waals surface area contributed by atoms with Crippen molar-refractivity contribution in [3.05, 3.63) is 24.2 Å². The number of aromatic nitrogens is 3. The molecule has 7 heteroatoms. The summed E-state index contributed by atoms with van der Waals surface area (Å²) in [5.41, 5.74) is 0.597. The molecule has 2 aromatic heterocycles. The summed E-state index contributed by atoms with van der Waals surface area (Å²) < 4.78 is 28.6. The Morgan fingerprint density at radius 1 is 1.56 bits per heavy atom. The Hall–Kier alpha value is -2.05. The van der Waals surface area contributed by atoms with E-state index in [1.807, 2.05) is 0 Å². The maximum atomic E-state index is 11.9. The van der Waals surface area contributed by atoms with Gasteiger partial charge in [0.15, 0.2) is 0 Å². The van der Waals surface area contributed by atoms with Crippen molar-refractivity contribution in [2.75, 3.05) is 0 Å². The molecule has 0 bridgehead atoms. The van der Waals surface area contributed by atoms with Gasteiger partial charge in [-0.2, -0.15) is 4.98 Å². The number of H-pyrrole nitrogens is 1. The summed E-state index contributed by atoms with van der Waals surface area (Å²) >= 11 is 0. The van der Waals surface area contributed by atoms with Gasteiger partial charge >= 0.3 is 0 Å². The Labute approximate surface area is 88.5 Å². The van der Waals surface area contributed by atoms with Crippen LogP contribution in [0.15, 0.2) is 22.9 Å². The van der Waals surface area contributed by atoms with E-state index < -0.39 is 18.6 Å². The van der Waals surface area contributed by atoms with Gasteiger partial charge in [-0.3, -0.25) is 4.79 Å². The fourth-order valence-corrected chi connectivity index (χ4v) is 1.13. The summed E-state index contributed by atoms with van der Waals surface area (Å²) in [6.07, 6.45) is -1.90. The number of aromatic amines is 1. The first kappa shape index (κ1) is 10.5. The molecule has 1 N–H and O–H groups in total. The lowest BCUT2D eigenvalue weighted by Gasteiger charge is -1.92. The van der Waals surface area contributed by atoms with Crippen molar-refractivity contribution >= 4 is 5.78 Å². The van der Waals surface area contributed by atoms with Gasteiger partial charge in [0.1, 0.15) is 0 Å². The van der Waals surface area contributed by atoms with Gasteiger partial charge in [0.05, 0.1) is 12.1 Å².